The van der Waals surface area contributed by atoms with Crippen LogP contribution in [0.4, 0.5) is 0 Å². The highest BCUT2D eigenvalue weighted by Crippen LogP contribution is 2.28. The maximum absolute atomic E-state index is 4.38. The van der Waals surface area contributed by atoms with E-state index in [1.165, 1.54) is 30.4 Å². The Morgan fingerprint density at radius 3 is 2.88 bits per heavy atom. The Hall–Kier alpha value is -1.22. The number of nitrogens with one attached hydrogen (secondary N) is 2. The summed E-state index contributed by atoms with van der Waals surface area (Å²) in [5.41, 5.74) is 2.54. The summed E-state index contributed by atoms with van der Waals surface area (Å²) in [6, 6.07) is 9.18. The molecule has 0 saturated heterocycles. The average Bonchev–Trinajstić information content (AvgIpc) is 3.30. The lowest BCUT2D eigenvalue weighted by Gasteiger charge is -2.17. The van der Waals surface area contributed by atoms with Crippen LogP contribution in [-0.2, 0) is 13.1 Å². The van der Waals surface area contributed by atoms with Crippen LogP contribution in [0.1, 0.15) is 30.4 Å². The molecule has 2 unspecified atom stereocenters. The van der Waals surface area contributed by atoms with Crippen molar-refractivity contribution in [3.8, 4) is 0 Å². The molecule has 1 fully saturated rings. The molecule has 3 rings (SSSR count). The zero-order chi connectivity index (χ0) is 17.5. The number of hydrogen-bond acceptors (Lipinski definition) is 3. The van der Waals surface area contributed by atoms with Crippen molar-refractivity contribution in [3.05, 3.63) is 54.1 Å². The van der Waals surface area contributed by atoms with Gasteiger partial charge in [0.1, 0.15) is 0 Å². The lowest BCUT2D eigenvalue weighted by molar-refractivity contribution is 0.614. The Morgan fingerprint density at radius 1 is 1.35 bits per heavy atom. The number of imidazole rings is 1. The van der Waals surface area contributed by atoms with Gasteiger partial charge in [-0.15, -0.1) is 24.0 Å². The van der Waals surface area contributed by atoms with Gasteiger partial charge in [0.25, 0.3) is 0 Å². The minimum absolute atomic E-state index is 0. The van der Waals surface area contributed by atoms with Crippen molar-refractivity contribution >= 4 is 41.7 Å². The van der Waals surface area contributed by atoms with Crippen LogP contribution < -0.4 is 10.6 Å². The molecular formula is C19H28IN5S. The van der Waals surface area contributed by atoms with E-state index < -0.39 is 0 Å². The monoisotopic (exact) mass is 485 g/mol. The van der Waals surface area contributed by atoms with Gasteiger partial charge in [0.2, 0.25) is 0 Å². The number of rotatable bonds is 6. The van der Waals surface area contributed by atoms with E-state index in [4.69, 9.17) is 0 Å². The standard InChI is InChI=1S/C19H27N5S.HI/c1-20-19(23-17-6-7-18(11-17)25-2)22-12-15-4-3-5-16(10-15)13-24-9-8-21-14-24;/h3-5,8-10,14,17-18H,6-7,11-13H2,1-2H3,(H2,20,22,23);1H. The van der Waals surface area contributed by atoms with Crippen LogP contribution >= 0.6 is 35.7 Å². The normalized spacial score (nSPS) is 19.8. The molecular weight excluding hydrogens is 457 g/mol. The van der Waals surface area contributed by atoms with Gasteiger partial charge in [-0.2, -0.15) is 11.8 Å². The second-order valence-corrected chi connectivity index (χ2v) is 7.63. The van der Waals surface area contributed by atoms with Crippen molar-refractivity contribution in [1.29, 1.82) is 0 Å². The fourth-order valence-electron chi connectivity index (χ4n) is 3.29. The SMILES string of the molecule is CN=C(NCc1cccc(Cn2ccnc2)c1)NC1CCC(SC)C1.I. The molecule has 0 aliphatic heterocycles. The second kappa shape index (κ2) is 10.8. The van der Waals surface area contributed by atoms with E-state index in [0.717, 1.165) is 24.3 Å². The molecule has 0 amide bonds. The lowest BCUT2D eigenvalue weighted by Crippen LogP contribution is -2.42. The van der Waals surface area contributed by atoms with Crippen LogP contribution in [0, 0.1) is 0 Å². The van der Waals surface area contributed by atoms with E-state index in [-0.39, 0.29) is 24.0 Å². The summed E-state index contributed by atoms with van der Waals surface area (Å²) in [6.07, 6.45) is 11.6. The molecule has 1 aliphatic carbocycles. The smallest absolute Gasteiger partial charge is 0.191 e. The van der Waals surface area contributed by atoms with Gasteiger partial charge < -0.3 is 15.2 Å². The van der Waals surface area contributed by atoms with Gasteiger partial charge in [0.15, 0.2) is 5.96 Å². The Morgan fingerprint density at radius 2 is 2.19 bits per heavy atom. The molecule has 2 atom stereocenters. The predicted octanol–water partition coefficient (Wildman–Crippen LogP) is 3.50. The summed E-state index contributed by atoms with van der Waals surface area (Å²) >= 11 is 1.98. The summed E-state index contributed by atoms with van der Waals surface area (Å²) in [5.74, 6) is 0.895. The molecule has 1 aromatic heterocycles. The zero-order valence-corrected chi connectivity index (χ0v) is 18.5. The van der Waals surface area contributed by atoms with Crippen LogP contribution in [0.2, 0.25) is 0 Å². The molecule has 1 aliphatic rings. The maximum Gasteiger partial charge on any atom is 0.191 e. The first-order valence-corrected chi connectivity index (χ1v) is 10.1. The van der Waals surface area contributed by atoms with Crippen LogP contribution in [0.5, 0.6) is 0 Å². The number of benzene rings is 1. The van der Waals surface area contributed by atoms with Gasteiger partial charge in [0, 0.05) is 43.8 Å². The van der Waals surface area contributed by atoms with E-state index in [9.17, 15) is 0 Å². The van der Waals surface area contributed by atoms with Crippen molar-refractivity contribution in [2.45, 2.75) is 43.6 Å². The summed E-state index contributed by atoms with van der Waals surface area (Å²) in [6.45, 7) is 1.62. The molecule has 142 valence electrons. The van der Waals surface area contributed by atoms with Gasteiger partial charge in [-0.1, -0.05) is 24.3 Å². The molecule has 2 N–H and O–H groups in total. The molecule has 2 aromatic rings. The first-order valence-electron chi connectivity index (χ1n) is 8.80. The van der Waals surface area contributed by atoms with Crippen molar-refractivity contribution in [2.75, 3.05) is 13.3 Å². The first-order chi connectivity index (χ1) is 12.3. The Balaban J connectivity index is 0.00000243. The number of nitrogens with zero attached hydrogens (tertiary/aromatic N) is 3. The highest BCUT2D eigenvalue weighted by Gasteiger charge is 2.24. The third-order valence-electron chi connectivity index (χ3n) is 4.66. The number of halogens is 1. The number of guanidine groups is 1. The highest BCUT2D eigenvalue weighted by atomic mass is 127. The second-order valence-electron chi connectivity index (χ2n) is 6.49. The zero-order valence-electron chi connectivity index (χ0n) is 15.4. The summed E-state index contributed by atoms with van der Waals surface area (Å²) in [5, 5.41) is 7.80. The molecule has 1 aromatic carbocycles. The van der Waals surface area contributed by atoms with E-state index in [1.54, 1.807) is 0 Å². The van der Waals surface area contributed by atoms with Crippen LogP contribution in [-0.4, -0.2) is 40.1 Å². The van der Waals surface area contributed by atoms with Crippen LogP contribution in [0.3, 0.4) is 0 Å². The third kappa shape index (κ3) is 6.19. The summed E-state index contributed by atoms with van der Waals surface area (Å²) < 4.78 is 2.08. The molecule has 1 heterocycles. The van der Waals surface area contributed by atoms with Crippen LogP contribution in [0.25, 0.3) is 0 Å². The van der Waals surface area contributed by atoms with Crippen molar-refractivity contribution in [2.24, 2.45) is 4.99 Å². The van der Waals surface area contributed by atoms with E-state index in [2.05, 4.69) is 55.7 Å². The highest BCUT2D eigenvalue weighted by molar-refractivity contribution is 14.0. The van der Waals surface area contributed by atoms with Crippen molar-refractivity contribution in [1.82, 2.24) is 20.2 Å². The molecule has 0 spiro atoms. The molecule has 26 heavy (non-hydrogen) atoms. The molecule has 5 nitrogen and oxygen atoms in total. The topological polar surface area (TPSA) is 54.2 Å². The minimum Gasteiger partial charge on any atom is -0.354 e. The van der Waals surface area contributed by atoms with Crippen LogP contribution in [0.15, 0.2) is 48.0 Å². The average molecular weight is 485 g/mol. The fraction of sp³-hybridized carbons (Fsp3) is 0.474. The summed E-state index contributed by atoms with van der Waals surface area (Å²) in [7, 11) is 1.84. The number of thioether (sulfide) groups is 1. The van der Waals surface area contributed by atoms with E-state index in [0.29, 0.717) is 6.04 Å². The first kappa shape index (κ1) is 21.1. The maximum atomic E-state index is 4.38. The van der Waals surface area contributed by atoms with Gasteiger partial charge in [-0.25, -0.2) is 4.98 Å². The quantitative estimate of drug-likeness (QED) is 0.374. The van der Waals surface area contributed by atoms with Crippen molar-refractivity contribution in [3.63, 3.8) is 0 Å². The number of aromatic nitrogens is 2. The van der Waals surface area contributed by atoms with Gasteiger partial charge >= 0.3 is 0 Å². The Bertz CT molecular complexity index is 689. The van der Waals surface area contributed by atoms with E-state index in [1.807, 2.05) is 37.5 Å². The van der Waals surface area contributed by atoms with Gasteiger partial charge in [-0.3, -0.25) is 4.99 Å². The Labute approximate surface area is 177 Å². The minimum atomic E-state index is 0. The van der Waals surface area contributed by atoms with Gasteiger partial charge in [-0.05, 0) is 36.6 Å². The lowest BCUT2D eigenvalue weighted by atomic mass is 10.1. The number of hydrogen-bond donors (Lipinski definition) is 2. The van der Waals surface area contributed by atoms with E-state index >= 15 is 0 Å². The Kier molecular flexibility index (Phi) is 8.77. The molecule has 0 radical (unpaired) electrons. The summed E-state index contributed by atoms with van der Waals surface area (Å²) in [4.78, 5) is 8.47. The molecule has 7 heteroatoms. The molecule has 0 bridgehead atoms. The number of aliphatic imine (C=N–C) groups is 1. The fourth-order valence-corrected chi connectivity index (χ4v) is 4.08. The third-order valence-corrected chi connectivity index (χ3v) is 5.75. The largest absolute Gasteiger partial charge is 0.354 e. The predicted molar refractivity (Wildman–Crippen MR) is 121 cm³/mol. The van der Waals surface area contributed by atoms with Crippen molar-refractivity contribution < 1.29 is 0 Å². The molecule has 1 saturated carbocycles. The van der Waals surface area contributed by atoms with Gasteiger partial charge in [0.05, 0.1) is 6.33 Å².